The first-order chi connectivity index (χ1) is 16.9. The van der Waals surface area contributed by atoms with Crippen molar-refractivity contribution in [3.05, 3.63) is 65.9 Å². The smallest absolute Gasteiger partial charge is 0.331 e. The summed E-state index contributed by atoms with van der Waals surface area (Å²) in [5, 5.41) is 6.58. The summed E-state index contributed by atoms with van der Waals surface area (Å²) < 4.78 is 80.4. The van der Waals surface area contributed by atoms with Crippen molar-refractivity contribution in [1.29, 1.82) is 0 Å². The van der Waals surface area contributed by atoms with Gasteiger partial charge in [-0.05, 0) is 61.2 Å². The molecule has 1 unspecified atom stereocenters. The second kappa shape index (κ2) is 9.52. The Labute approximate surface area is 204 Å². The first-order valence-corrected chi connectivity index (χ1v) is 12.9. The fourth-order valence-electron chi connectivity index (χ4n) is 4.22. The lowest BCUT2D eigenvalue weighted by atomic mass is 10.00. The standard InChI is InChI=1S/C23H23F4N5O3S/c1-3-17(14-10-11-28-21(12-14)36(2,34)35)30-22(33)31-19-13-29-32(16-6-4-15(24)5-7-16)18(19)8-9-20(31)23(25,26)27/h4-7,10-13,17,20H,3,8-9H2,1-2H3,(H,30,33)/t17-,20?/m0/s1. The third-order valence-corrected chi connectivity index (χ3v) is 6.97. The molecule has 3 aromatic rings. The molecule has 4 rings (SSSR count). The molecule has 192 valence electrons. The summed E-state index contributed by atoms with van der Waals surface area (Å²) in [7, 11) is -3.63. The van der Waals surface area contributed by atoms with Crippen molar-refractivity contribution in [3.63, 3.8) is 0 Å². The average molecular weight is 526 g/mol. The van der Waals surface area contributed by atoms with Crippen LogP contribution >= 0.6 is 0 Å². The Morgan fingerprint density at radius 3 is 2.53 bits per heavy atom. The van der Waals surface area contributed by atoms with Gasteiger partial charge in [0.1, 0.15) is 11.9 Å². The van der Waals surface area contributed by atoms with E-state index in [1.54, 1.807) is 6.92 Å². The van der Waals surface area contributed by atoms with E-state index in [4.69, 9.17) is 0 Å². The van der Waals surface area contributed by atoms with Gasteiger partial charge in [0.05, 0.1) is 29.3 Å². The first-order valence-electron chi connectivity index (χ1n) is 11.1. The number of hydrogen-bond donors (Lipinski definition) is 1. The van der Waals surface area contributed by atoms with Crippen LogP contribution in [0.4, 0.5) is 28.0 Å². The van der Waals surface area contributed by atoms with Gasteiger partial charge in [-0.1, -0.05) is 6.92 Å². The highest BCUT2D eigenvalue weighted by Gasteiger charge is 2.49. The number of carbonyl (C=O) groups is 1. The van der Waals surface area contributed by atoms with Crippen LogP contribution in [-0.4, -0.2) is 47.7 Å². The largest absolute Gasteiger partial charge is 0.409 e. The van der Waals surface area contributed by atoms with Crippen LogP contribution in [-0.2, 0) is 16.3 Å². The minimum atomic E-state index is -4.70. The van der Waals surface area contributed by atoms with E-state index >= 15 is 0 Å². The van der Waals surface area contributed by atoms with Gasteiger partial charge >= 0.3 is 12.2 Å². The van der Waals surface area contributed by atoms with E-state index in [1.807, 2.05) is 0 Å². The van der Waals surface area contributed by atoms with Crippen LogP contribution in [0.1, 0.15) is 37.1 Å². The molecule has 0 saturated heterocycles. The van der Waals surface area contributed by atoms with Crippen LogP contribution in [0, 0.1) is 5.82 Å². The number of halogens is 4. The molecule has 3 heterocycles. The molecule has 8 nitrogen and oxygen atoms in total. The van der Waals surface area contributed by atoms with E-state index in [0.29, 0.717) is 21.8 Å². The summed E-state index contributed by atoms with van der Waals surface area (Å²) in [6, 6.07) is 4.24. The minimum absolute atomic E-state index is 0.0000526. The molecule has 0 aliphatic carbocycles. The number of benzene rings is 1. The molecule has 0 saturated carbocycles. The molecular weight excluding hydrogens is 502 g/mol. The van der Waals surface area contributed by atoms with Crippen molar-refractivity contribution in [3.8, 4) is 5.69 Å². The summed E-state index contributed by atoms with van der Waals surface area (Å²) >= 11 is 0. The van der Waals surface area contributed by atoms with Gasteiger partial charge in [0.2, 0.25) is 0 Å². The van der Waals surface area contributed by atoms with Gasteiger partial charge in [-0.15, -0.1) is 0 Å². The van der Waals surface area contributed by atoms with Gasteiger partial charge in [0, 0.05) is 12.5 Å². The van der Waals surface area contributed by atoms with Crippen LogP contribution < -0.4 is 10.2 Å². The zero-order chi connectivity index (χ0) is 26.3. The van der Waals surface area contributed by atoms with Crippen LogP contribution in [0.3, 0.4) is 0 Å². The summed E-state index contributed by atoms with van der Waals surface area (Å²) in [6.45, 7) is 1.71. The Bertz CT molecular complexity index is 1370. The van der Waals surface area contributed by atoms with Crippen molar-refractivity contribution in [2.24, 2.45) is 0 Å². The maximum atomic E-state index is 14.0. The SMILES string of the molecule is CC[C@H](NC(=O)N1c2cnn(-c3ccc(F)cc3)c2CCC1C(F)(F)F)c1ccnc(S(C)(=O)=O)c1. The maximum Gasteiger partial charge on any atom is 0.409 e. The fourth-order valence-corrected chi connectivity index (χ4v) is 4.82. The molecule has 0 radical (unpaired) electrons. The highest BCUT2D eigenvalue weighted by atomic mass is 32.2. The summed E-state index contributed by atoms with van der Waals surface area (Å²) in [6.07, 6.45) is -1.36. The van der Waals surface area contributed by atoms with Crippen LogP contribution in [0.2, 0.25) is 0 Å². The molecule has 1 aliphatic rings. The number of fused-ring (bicyclic) bond motifs is 1. The highest BCUT2D eigenvalue weighted by Crippen LogP contribution is 2.39. The van der Waals surface area contributed by atoms with Gasteiger partial charge in [-0.25, -0.2) is 27.3 Å². The molecule has 36 heavy (non-hydrogen) atoms. The summed E-state index contributed by atoms with van der Waals surface area (Å²) in [5.74, 6) is -0.473. The molecule has 1 aliphatic heterocycles. The van der Waals surface area contributed by atoms with Crippen molar-refractivity contribution in [2.45, 2.75) is 49.5 Å². The number of sulfone groups is 1. The van der Waals surface area contributed by atoms with Gasteiger partial charge < -0.3 is 5.32 Å². The van der Waals surface area contributed by atoms with Crippen molar-refractivity contribution >= 4 is 21.6 Å². The first kappa shape index (κ1) is 25.6. The zero-order valence-corrected chi connectivity index (χ0v) is 20.1. The molecule has 1 aromatic carbocycles. The summed E-state index contributed by atoms with van der Waals surface area (Å²) in [5.41, 5.74) is 1.21. The lowest BCUT2D eigenvalue weighted by Gasteiger charge is -2.37. The number of amides is 2. The van der Waals surface area contributed by atoms with Crippen molar-refractivity contribution in [1.82, 2.24) is 20.1 Å². The summed E-state index contributed by atoms with van der Waals surface area (Å²) in [4.78, 5) is 17.8. The normalized spacial score (nSPS) is 16.9. The molecule has 2 amide bonds. The van der Waals surface area contributed by atoms with Gasteiger partial charge in [0.15, 0.2) is 14.9 Å². The van der Waals surface area contributed by atoms with E-state index in [0.717, 1.165) is 6.26 Å². The number of rotatable bonds is 5. The number of alkyl halides is 3. The minimum Gasteiger partial charge on any atom is -0.331 e. The molecule has 1 N–H and O–H groups in total. The van der Waals surface area contributed by atoms with E-state index in [-0.39, 0.29) is 30.0 Å². The number of nitrogens with zero attached hydrogens (tertiary/aromatic N) is 4. The molecule has 0 fully saturated rings. The topological polar surface area (TPSA) is 97.2 Å². The van der Waals surface area contributed by atoms with Crippen LogP contribution in [0.15, 0.2) is 53.8 Å². The van der Waals surface area contributed by atoms with Gasteiger partial charge in [0.25, 0.3) is 0 Å². The third kappa shape index (κ3) is 5.06. The van der Waals surface area contributed by atoms with Gasteiger partial charge in [-0.2, -0.15) is 18.3 Å². The van der Waals surface area contributed by atoms with Crippen molar-refractivity contribution in [2.75, 3.05) is 11.2 Å². The number of urea groups is 1. The average Bonchev–Trinajstić information content (AvgIpc) is 3.25. The maximum absolute atomic E-state index is 14.0. The Morgan fingerprint density at radius 2 is 1.92 bits per heavy atom. The lowest BCUT2D eigenvalue weighted by Crippen LogP contribution is -2.55. The second-order valence-corrected chi connectivity index (χ2v) is 10.4. The molecule has 2 aromatic heterocycles. The van der Waals surface area contributed by atoms with Gasteiger partial charge in [-0.3, -0.25) is 4.90 Å². The molecular formula is C23H23F4N5O3S. The number of nitrogens with one attached hydrogen (secondary N) is 1. The Morgan fingerprint density at radius 1 is 1.22 bits per heavy atom. The molecule has 2 atom stereocenters. The van der Waals surface area contributed by atoms with Crippen LogP contribution in [0.25, 0.3) is 5.69 Å². The number of pyridine rings is 1. The van der Waals surface area contributed by atoms with E-state index in [1.165, 1.54) is 53.5 Å². The number of hydrogen-bond acceptors (Lipinski definition) is 5. The molecule has 0 spiro atoms. The number of anilines is 1. The second-order valence-electron chi connectivity index (χ2n) is 8.44. The molecule has 0 bridgehead atoms. The number of aromatic nitrogens is 3. The Kier molecular flexibility index (Phi) is 6.78. The highest BCUT2D eigenvalue weighted by molar-refractivity contribution is 7.90. The number of carbonyl (C=O) groups excluding carboxylic acids is 1. The fraction of sp³-hybridized carbons (Fsp3) is 0.348. The quantitative estimate of drug-likeness (QED) is 0.500. The monoisotopic (exact) mass is 525 g/mol. The van der Waals surface area contributed by atoms with E-state index in [2.05, 4.69) is 15.4 Å². The molecule has 13 heteroatoms. The van der Waals surface area contributed by atoms with Crippen molar-refractivity contribution < 1.29 is 30.8 Å². The third-order valence-electron chi connectivity index (χ3n) is 5.99. The predicted molar refractivity (Wildman–Crippen MR) is 123 cm³/mol. The van der Waals surface area contributed by atoms with E-state index < -0.39 is 39.9 Å². The zero-order valence-electron chi connectivity index (χ0n) is 19.3. The Hall–Kier alpha value is -3.48. The van der Waals surface area contributed by atoms with E-state index in [9.17, 15) is 30.8 Å². The Balaban J connectivity index is 1.70. The van der Waals surface area contributed by atoms with Crippen LogP contribution in [0.5, 0.6) is 0 Å². The lowest BCUT2D eigenvalue weighted by molar-refractivity contribution is -0.149. The predicted octanol–water partition coefficient (Wildman–Crippen LogP) is 4.35.